The van der Waals surface area contributed by atoms with Crippen LogP contribution in [0.25, 0.3) is 0 Å². The summed E-state index contributed by atoms with van der Waals surface area (Å²) in [6, 6.07) is 5.23. The lowest BCUT2D eigenvalue weighted by molar-refractivity contribution is -0.105. The van der Waals surface area contributed by atoms with E-state index in [2.05, 4.69) is 5.32 Å². The molecule has 5 nitrogen and oxygen atoms in total. The van der Waals surface area contributed by atoms with Crippen LogP contribution in [0.4, 0.5) is 5.69 Å². The molecule has 1 amide bonds. The molecule has 0 unspecified atom stereocenters. The molecule has 1 heterocycles. The van der Waals surface area contributed by atoms with E-state index in [4.69, 9.17) is 14.2 Å². The van der Waals surface area contributed by atoms with Crippen molar-refractivity contribution in [1.82, 2.24) is 0 Å². The molecule has 0 saturated carbocycles. The van der Waals surface area contributed by atoms with Gasteiger partial charge in [0.2, 0.25) is 6.41 Å². The first-order valence-electron chi connectivity index (χ1n) is 4.96. The summed E-state index contributed by atoms with van der Waals surface area (Å²) >= 11 is 0. The zero-order chi connectivity index (χ0) is 11.4. The molecule has 1 aromatic carbocycles. The summed E-state index contributed by atoms with van der Waals surface area (Å²) in [4.78, 5) is 10.3. The predicted molar refractivity (Wildman–Crippen MR) is 57.9 cm³/mol. The SMILES string of the molecule is COc1cc(NC=O)ccc1OC1COC1. The van der Waals surface area contributed by atoms with Crippen LogP contribution in [-0.4, -0.2) is 32.8 Å². The van der Waals surface area contributed by atoms with Crippen molar-refractivity contribution < 1.29 is 19.0 Å². The van der Waals surface area contributed by atoms with Crippen molar-refractivity contribution in [2.45, 2.75) is 6.10 Å². The van der Waals surface area contributed by atoms with Gasteiger partial charge in [-0.1, -0.05) is 0 Å². The highest BCUT2D eigenvalue weighted by Gasteiger charge is 2.21. The van der Waals surface area contributed by atoms with Gasteiger partial charge in [-0.05, 0) is 12.1 Å². The van der Waals surface area contributed by atoms with Crippen molar-refractivity contribution in [3.05, 3.63) is 18.2 Å². The molecule has 0 aromatic heterocycles. The summed E-state index contributed by atoms with van der Waals surface area (Å²) in [5, 5.41) is 2.55. The fourth-order valence-electron chi connectivity index (χ4n) is 1.38. The summed E-state index contributed by atoms with van der Waals surface area (Å²) in [6.07, 6.45) is 0.716. The Bertz CT molecular complexity index is 376. The van der Waals surface area contributed by atoms with Gasteiger partial charge in [0.25, 0.3) is 0 Å². The minimum atomic E-state index is 0.0961. The van der Waals surface area contributed by atoms with Crippen LogP contribution in [0, 0.1) is 0 Å². The highest BCUT2D eigenvalue weighted by molar-refractivity contribution is 5.72. The summed E-state index contributed by atoms with van der Waals surface area (Å²) in [5.41, 5.74) is 0.670. The molecule has 5 heteroatoms. The molecular formula is C11H13NO4. The van der Waals surface area contributed by atoms with Crippen LogP contribution in [0.5, 0.6) is 11.5 Å². The van der Waals surface area contributed by atoms with E-state index in [1.165, 1.54) is 0 Å². The normalized spacial score (nSPS) is 15.1. The van der Waals surface area contributed by atoms with Crippen LogP contribution in [0.1, 0.15) is 0 Å². The van der Waals surface area contributed by atoms with E-state index in [1.807, 2.05) is 0 Å². The number of ether oxygens (including phenoxy) is 3. The monoisotopic (exact) mass is 223 g/mol. The Balaban J connectivity index is 2.13. The number of amides is 1. The fourth-order valence-corrected chi connectivity index (χ4v) is 1.38. The van der Waals surface area contributed by atoms with Gasteiger partial charge in [-0.25, -0.2) is 0 Å². The summed E-state index contributed by atoms with van der Waals surface area (Å²) in [7, 11) is 1.56. The van der Waals surface area contributed by atoms with Crippen molar-refractivity contribution in [3.8, 4) is 11.5 Å². The van der Waals surface area contributed by atoms with Crippen LogP contribution in [0.3, 0.4) is 0 Å². The first-order chi connectivity index (χ1) is 7.83. The number of carbonyl (C=O) groups excluding carboxylic acids is 1. The molecule has 1 aliphatic heterocycles. The minimum Gasteiger partial charge on any atom is -0.493 e. The average Bonchev–Trinajstić information content (AvgIpc) is 2.25. The van der Waals surface area contributed by atoms with Gasteiger partial charge in [0.05, 0.1) is 20.3 Å². The number of carbonyl (C=O) groups is 1. The van der Waals surface area contributed by atoms with Crippen molar-refractivity contribution >= 4 is 12.1 Å². The van der Waals surface area contributed by atoms with E-state index in [0.717, 1.165) is 0 Å². The molecule has 1 N–H and O–H groups in total. The summed E-state index contributed by atoms with van der Waals surface area (Å²) in [5.74, 6) is 1.26. The van der Waals surface area contributed by atoms with Crippen LogP contribution < -0.4 is 14.8 Å². The van der Waals surface area contributed by atoms with Gasteiger partial charge in [-0.15, -0.1) is 0 Å². The van der Waals surface area contributed by atoms with Gasteiger partial charge in [0, 0.05) is 11.8 Å². The third-order valence-corrected chi connectivity index (χ3v) is 2.29. The third kappa shape index (κ3) is 2.25. The highest BCUT2D eigenvalue weighted by atomic mass is 16.6. The van der Waals surface area contributed by atoms with Crippen LogP contribution in [-0.2, 0) is 9.53 Å². The van der Waals surface area contributed by atoms with Crippen molar-refractivity contribution in [2.24, 2.45) is 0 Å². The predicted octanol–water partition coefficient (Wildman–Crippen LogP) is 1.04. The number of methoxy groups -OCH3 is 1. The van der Waals surface area contributed by atoms with E-state index in [0.29, 0.717) is 36.8 Å². The number of anilines is 1. The molecule has 86 valence electrons. The first kappa shape index (κ1) is 10.8. The second-order valence-electron chi connectivity index (χ2n) is 3.41. The molecule has 0 atom stereocenters. The molecule has 16 heavy (non-hydrogen) atoms. The minimum absolute atomic E-state index is 0.0961. The van der Waals surface area contributed by atoms with Crippen molar-refractivity contribution in [3.63, 3.8) is 0 Å². The van der Waals surface area contributed by atoms with Gasteiger partial charge in [-0.2, -0.15) is 0 Å². The maximum absolute atomic E-state index is 10.3. The van der Waals surface area contributed by atoms with Crippen LogP contribution in [0.15, 0.2) is 18.2 Å². The Morgan fingerprint density at radius 2 is 2.25 bits per heavy atom. The second-order valence-corrected chi connectivity index (χ2v) is 3.41. The Morgan fingerprint density at radius 1 is 1.44 bits per heavy atom. The number of rotatable bonds is 5. The molecule has 2 rings (SSSR count). The van der Waals surface area contributed by atoms with E-state index in [1.54, 1.807) is 25.3 Å². The molecule has 1 aromatic rings. The number of nitrogens with one attached hydrogen (secondary N) is 1. The standard InChI is InChI=1S/C11H13NO4/c1-14-11-4-8(12-7-13)2-3-10(11)16-9-5-15-6-9/h2-4,7,9H,5-6H2,1H3,(H,12,13). The number of benzene rings is 1. The Labute approximate surface area is 93.3 Å². The molecule has 1 fully saturated rings. The Hall–Kier alpha value is -1.75. The smallest absolute Gasteiger partial charge is 0.211 e. The maximum Gasteiger partial charge on any atom is 0.211 e. The van der Waals surface area contributed by atoms with Gasteiger partial charge < -0.3 is 19.5 Å². The van der Waals surface area contributed by atoms with Crippen LogP contribution in [0.2, 0.25) is 0 Å². The topological polar surface area (TPSA) is 56.8 Å². The van der Waals surface area contributed by atoms with E-state index in [9.17, 15) is 4.79 Å². The molecular weight excluding hydrogens is 210 g/mol. The third-order valence-electron chi connectivity index (χ3n) is 2.29. The number of hydrogen-bond acceptors (Lipinski definition) is 4. The molecule has 0 radical (unpaired) electrons. The molecule has 1 aliphatic rings. The lowest BCUT2D eigenvalue weighted by Crippen LogP contribution is -2.38. The van der Waals surface area contributed by atoms with Crippen molar-refractivity contribution in [1.29, 1.82) is 0 Å². The zero-order valence-corrected chi connectivity index (χ0v) is 8.93. The molecule has 0 spiro atoms. The van der Waals surface area contributed by atoms with Crippen molar-refractivity contribution in [2.75, 3.05) is 25.6 Å². The summed E-state index contributed by atoms with van der Waals surface area (Å²) < 4.78 is 15.8. The van der Waals surface area contributed by atoms with Gasteiger partial charge in [-0.3, -0.25) is 4.79 Å². The highest BCUT2D eigenvalue weighted by Crippen LogP contribution is 2.31. The lowest BCUT2D eigenvalue weighted by atomic mass is 10.2. The largest absolute Gasteiger partial charge is 0.493 e. The van der Waals surface area contributed by atoms with Gasteiger partial charge in [0.1, 0.15) is 6.10 Å². The zero-order valence-electron chi connectivity index (χ0n) is 8.93. The molecule has 1 saturated heterocycles. The molecule has 0 aliphatic carbocycles. The van der Waals surface area contributed by atoms with E-state index in [-0.39, 0.29) is 6.10 Å². The maximum atomic E-state index is 10.3. The second kappa shape index (κ2) is 4.85. The first-order valence-corrected chi connectivity index (χ1v) is 4.96. The Kier molecular flexibility index (Phi) is 3.26. The Morgan fingerprint density at radius 3 is 2.81 bits per heavy atom. The van der Waals surface area contributed by atoms with Gasteiger partial charge in [0.15, 0.2) is 11.5 Å². The van der Waals surface area contributed by atoms with Crippen LogP contribution >= 0.6 is 0 Å². The average molecular weight is 223 g/mol. The number of hydrogen-bond donors (Lipinski definition) is 1. The van der Waals surface area contributed by atoms with E-state index >= 15 is 0 Å². The van der Waals surface area contributed by atoms with Gasteiger partial charge >= 0.3 is 0 Å². The lowest BCUT2D eigenvalue weighted by Gasteiger charge is -2.27. The van der Waals surface area contributed by atoms with E-state index < -0.39 is 0 Å². The summed E-state index contributed by atoms with van der Waals surface area (Å²) in [6.45, 7) is 1.22. The quantitative estimate of drug-likeness (QED) is 0.758. The molecule has 0 bridgehead atoms. The fraction of sp³-hybridized carbons (Fsp3) is 0.364.